The van der Waals surface area contributed by atoms with E-state index in [0.717, 1.165) is 0 Å². The molecule has 50 valence electrons. The predicted molar refractivity (Wildman–Crippen MR) is 47.6 cm³/mol. The summed E-state index contributed by atoms with van der Waals surface area (Å²) in [5, 5.41) is 0. The molecule has 0 aliphatic carbocycles. The molecule has 0 heterocycles. The largest absolute Gasteiger partial charge is 0.0749 e. The van der Waals surface area contributed by atoms with E-state index in [0.29, 0.717) is 9.52 Å². The lowest BCUT2D eigenvalue weighted by Crippen LogP contribution is -1.86. The van der Waals surface area contributed by atoms with Gasteiger partial charge in [-0.05, 0) is 10.2 Å². The monoisotopic (exact) mass is 146 g/mol. The Labute approximate surface area is 58.3 Å². The van der Waals surface area contributed by atoms with Crippen molar-refractivity contribution < 1.29 is 0 Å². The third-order valence-electron chi connectivity index (χ3n) is 1.46. The highest BCUT2D eigenvalue weighted by molar-refractivity contribution is 6.46. The van der Waals surface area contributed by atoms with Gasteiger partial charge in [-0.3, -0.25) is 0 Å². The van der Waals surface area contributed by atoms with Crippen LogP contribution in [0.25, 0.3) is 0 Å². The molecule has 0 amide bonds. The van der Waals surface area contributed by atoms with Crippen LogP contribution in [0.1, 0.15) is 26.2 Å². The molecule has 0 saturated heterocycles. The van der Waals surface area contributed by atoms with Crippen molar-refractivity contribution in [1.29, 1.82) is 0 Å². The molecule has 0 rings (SSSR count). The fourth-order valence-corrected chi connectivity index (χ4v) is 3.56. The minimum absolute atomic E-state index is 0.463. The topological polar surface area (TPSA) is 0 Å². The number of unbranched alkanes of at least 4 members (excludes halogenated alkanes) is 2. The van der Waals surface area contributed by atoms with Gasteiger partial charge in [-0.15, -0.1) is 0 Å². The summed E-state index contributed by atoms with van der Waals surface area (Å²) in [6.45, 7) is 2.28. The van der Waals surface area contributed by atoms with Gasteiger partial charge in [-0.1, -0.05) is 37.9 Å². The first-order valence-corrected chi connectivity index (χ1v) is 7.33. The molecule has 0 bridgehead atoms. The first-order valence-electron chi connectivity index (χ1n) is 3.91. The molecule has 0 aliphatic heterocycles. The molecule has 0 radical (unpaired) electrons. The second kappa shape index (κ2) is 7.43. The molecule has 0 aromatic heterocycles. The van der Waals surface area contributed by atoms with Crippen molar-refractivity contribution in [1.82, 2.24) is 0 Å². The van der Waals surface area contributed by atoms with Crippen molar-refractivity contribution in [3.63, 3.8) is 0 Å². The molecule has 0 nitrogen and oxygen atoms in total. The van der Waals surface area contributed by atoms with Crippen LogP contribution >= 0.6 is 0 Å². The molecule has 8 heavy (non-hydrogen) atoms. The molecule has 0 spiro atoms. The summed E-state index contributed by atoms with van der Waals surface area (Å²) >= 11 is 0. The third-order valence-corrected chi connectivity index (χ3v) is 5.29. The molecular weight excluding hydrogens is 128 g/mol. The van der Waals surface area contributed by atoms with Crippen molar-refractivity contribution in [3.05, 3.63) is 0 Å². The maximum Gasteiger partial charge on any atom is 0.0163 e. The summed E-state index contributed by atoms with van der Waals surface area (Å²) in [5.74, 6) is 0. The molecule has 0 atom stereocenters. The Balaban J connectivity index is 2.53. The van der Waals surface area contributed by atoms with Gasteiger partial charge in [0.25, 0.3) is 0 Å². The van der Waals surface area contributed by atoms with Gasteiger partial charge in [-0.25, -0.2) is 0 Å². The summed E-state index contributed by atoms with van der Waals surface area (Å²) in [6.07, 6.45) is 4.41. The second-order valence-electron chi connectivity index (χ2n) is 2.41. The van der Waals surface area contributed by atoms with Crippen molar-refractivity contribution >= 4 is 19.8 Å². The van der Waals surface area contributed by atoms with Crippen LogP contribution in [-0.2, 0) is 0 Å². The molecule has 0 saturated carbocycles. The van der Waals surface area contributed by atoms with Crippen LogP contribution in [0.5, 0.6) is 0 Å². The zero-order valence-electron chi connectivity index (χ0n) is 6.24. The van der Waals surface area contributed by atoms with Crippen molar-refractivity contribution in [3.8, 4) is 0 Å². The van der Waals surface area contributed by atoms with Gasteiger partial charge in [0.15, 0.2) is 0 Å². The van der Waals surface area contributed by atoms with E-state index >= 15 is 0 Å². The Morgan fingerprint density at radius 2 is 2.12 bits per heavy atom. The minimum atomic E-state index is 0.463. The molecule has 0 aliphatic rings. The maximum absolute atomic E-state index is 2.28. The average Bonchev–Trinajstić information content (AvgIpc) is 1.81. The van der Waals surface area contributed by atoms with Gasteiger partial charge in [-0.2, -0.15) is 0 Å². The first-order chi connectivity index (χ1) is 3.91. The summed E-state index contributed by atoms with van der Waals surface area (Å²) in [5.41, 5.74) is 1.64. The molecular formula is C6H18Si2. The highest BCUT2D eigenvalue weighted by atomic mass is 28.2. The summed E-state index contributed by atoms with van der Waals surface area (Å²) < 4.78 is 0. The van der Waals surface area contributed by atoms with Crippen molar-refractivity contribution in [2.24, 2.45) is 0 Å². The fraction of sp³-hybridized carbons (Fsp3) is 1.00. The van der Waals surface area contributed by atoms with E-state index in [-0.39, 0.29) is 0 Å². The second-order valence-corrected chi connectivity index (χ2v) is 7.83. The van der Waals surface area contributed by atoms with E-state index in [2.05, 4.69) is 6.92 Å². The van der Waals surface area contributed by atoms with E-state index in [4.69, 9.17) is 0 Å². The van der Waals surface area contributed by atoms with Crippen molar-refractivity contribution in [2.75, 3.05) is 0 Å². The van der Waals surface area contributed by atoms with Crippen LogP contribution in [-0.4, -0.2) is 19.8 Å². The molecule has 0 fully saturated rings. The molecule has 2 heteroatoms. The lowest BCUT2D eigenvalue weighted by Gasteiger charge is -1.92. The normalized spacial score (nSPS) is 11.6. The van der Waals surface area contributed by atoms with Gasteiger partial charge in [0.1, 0.15) is 0 Å². The van der Waals surface area contributed by atoms with E-state index in [1.165, 1.54) is 29.5 Å². The zero-order chi connectivity index (χ0) is 6.24. The van der Waals surface area contributed by atoms with Crippen LogP contribution < -0.4 is 0 Å². The Bertz CT molecular complexity index is 31.5. The van der Waals surface area contributed by atoms with Crippen molar-refractivity contribution in [2.45, 2.75) is 37.9 Å². The first kappa shape index (κ1) is 8.43. The van der Waals surface area contributed by atoms with Gasteiger partial charge >= 0.3 is 0 Å². The number of hydrogen-bond donors (Lipinski definition) is 0. The lowest BCUT2D eigenvalue weighted by atomic mass is 10.3. The van der Waals surface area contributed by atoms with E-state index < -0.39 is 0 Å². The summed E-state index contributed by atoms with van der Waals surface area (Å²) in [4.78, 5) is 0. The third kappa shape index (κ3) is 6.43. The van der Waals surface area contributed by atoms with E-state index in [1.807, 2.05) is 0 Å². The van der Waals surface area contributed by atoms with E-state index in [1.54, 1.807) is 11.7 Å². The van der Waals surface area contributed by atoms with Crippen LogP contribution in [0.4, 0.5) is 0 Å². The van der Waals surface area contributed by atoms with Crippen LogP contribution in [0.15, 0.2) is 0 Å². The lowest BCUT2D eigenvalue weighted by molar-refractivity contribution is 0.769. The number of rotatable bonds is 5. The predicted octanol–water partition coefficient (Wildman–Crippen LogP) is 0.505. The fourth-order valence-electron chi connectivity index (χ4n) is 0.854. The van der Waals surface area contributed by atoms with Gasteiger partial charge in [0, 0.05) is 9.52 Å². The van der Waals surface area contributed by atoms with E-state index in [9.17, 15) is 0 Å². The quantitative estimate of drug-likeness (QED) is 0.391. The highest BCUT2D eigenvalue weighted by Crippen LogP contribution is 1.98. The average molecular weight is 146 g/mol. The molecule has 0 N–H and O–H groups in total. The maximum atomic E-state index is 2.28. The molecule has 0 aromatic carbocycles. The summed E-state index contributed by atoms with van der Waals surface area (Å²) in [7, 11) is 1.93. The smallest absolute Gasteiger partial charge is 0.0163 e. The Kier molecular flexibility index (Phi) is 7.84. The van der Waals surface area contributed by atoms with Crippen LogP contribution in [0, 0.1) is 0 Å². The van der Waals surface area contributed by atoms with Gasteiger partial charge < -0.3 is 0 Å². The van der Waals surface area contributed by atoms with Crippen LogP contribution in [0.2, 0.25) is 11.7 Å². The zero-order valence-corrected chi connectivity index (χ0v) is 9.66. The molecule has 0 aromatic rings. The van der Waals surface area contributed by atoms with Gasteiger partial charge in [0.05, 0.1) is 0 Å². The van der Waals surface area contributed by atoms with Crippen LogP contribution in [0.3, 0.4) is 0 Å². The molecule has 0 unspecified atom stereocenters. The number of hydrogen-bond acceptors (Lipinski definition) is 0. The Hall–Kier alpha value is 0.434. The van der Waals surface area contributed by atoms with Gasteiger partial charge in [0.2, 0.25) is 0 Å². The highest BCUT2D eigenvalue weighted by Gasteiger charge is 1.84. The summed E-state index contributed by atoms with van der Waals surface area (Å²) in [6, 6.07) is 1.62. The Morgan fingerprint density at radius 3 is 2.62 bits per heavy atom. The minimum Gasteiger partial charge on any atom is -0.0749 e. The Morgan fingerprint density at radius 1 is 1.38 bits per heavy atom. The SMILES string of the molecule is CCCCC[SiH2]C[SiH3]. The standard InChI is InChI=1S/C6H18Si2/c1-2-3-4-5-8-6-7/h2-6,8H2,1,7H3.